The SMILES string of the molecule is CC1(C)CCC(NCC(O)c2ccc3ccccc3c2)C1. The summed E-state index contributed by atoms with van der Waals surface area (Å²) in [7, 11) is 0. The normalized spacial score (nSPS) is 22.5. The topological polar surface area (TPSA) is 32.3 Å². The number of hydrogen-bond acceptors (Lipinski definition) is 2. The summed E-state index contributed by atoms with van der Waals surface area (Å²) in [4.78, 5) is 0. The molecular weight excluding hydrogens is 258 g/mol. The zero-order chi connectivity index (χ0) is 14.9. The molecule has 3 rings (SSSR count). The van der Waals surface area contributed by atoms with Gasteiger partial charge < -0.3 is 10.4 Å². The molecule has 0 aromatic heterocycles. The number of nitrogens with one attached hydrogen (secondary N) is 1. The molecule has 2 aromatic rings. The van der Waals surface area contributed by atoms with Crippen LogP contribution < -0.4 is 5.32 Å². The Labute approximate surface area is 127 Å². The average molecular weight is 283 g/mol. The highest BCUT2D eigenvalue weighted by Gasteiger charge is 2.30. The van der Waals surface area contributed by atoms with Crippen LogP contribution in [0.1, 0.15) is 44.8 Å². The van der Waals surface area contributed by atoms with Crippen molar-refractivity contribution in [3.8, 4) is 0 Å². The van der Waals surface area contributed by atoms with Gasteiger partial charge in [0.25, 0.3) is 0 Å². The molecule has 1 aliphatic rings. The highest BCUT2D eigenvalue weighted by atomic mass is 16.3. The van der Waals surface area contributed by atoms with E-state index >= 15 is 0 Å². The Balaban J connectivity index is 1.63. The van der Waals surface area contributed by atoms with Crippen LogP contribution in [-0.2, 0) is 0 Å². The van der Waals surface area contributed by atoms with Gasteiger partial charge in [-0.1, -0.05) is 50.2 Å². The Hall–Kier alpha value is -1.38. The third-order valence-electron chi connectivity index (χ3n) is 4.73. The molecule has 2 aromatic carbocycles. The molecule has 0 radical (unpaired) electrons. The van der Waals surface area contributed by atoms with E-state index in [2.05, 4.69) is 43.4 Å². The van der Waals surface area contributed by atoms with Crippen LogP contribution in [0.25, 0.3) is 10.8 Å². The smallest absolute Gasteiger partial charge is 0.0914 e. The molecule has 0 aliphatic heterocycles. The summed E-state index contributed by atoms with van der Waals surface area (Å²) >= 11 is 0. The monoisotopic (exact) mass is 283 g/mol. The zero-order valence-corrected chi connectivity index (χ0v) is 13.0. The van der Waals surface area contributed by atoms with Crippen molar-refractivity contribution in [2.75, 3.05) is 6.54 Å². The molecule has 2 nitrogen and oxygen atoms in total. The molecule has 1 saturated carbocycles. The summed E-state index contributed by atoms with van der Waals surface area (Å²) in [5.74, 6) is 0. The highest BCUT2D eigenvalue weighted by molar-refractivity contribution is 5.83. The van der Waals surface area contributed by atoms with Crippen molar-refractivity contribution in [3.05, 3.63) is 48.0 Å². The van der Waals surface area contributed by atoms with Crippen LogP contribution in [0.5, 0.6) is 0 Å². The molecule has 1 fully saturated rings. The summed E-state index contributed by atoms with van der Waals surface area (Å²) < 4.78 is 0. The van der Waals surface area contributed by atoms with Crippen molar-refractivity contribution in [2.45, 2.75) is 45.3 Å². The van der Waals surface area contributed by atoms with Gasteiger partial charge in [0, 0.05) is 12.6 Å². The summed E-state index contributed by atoms with van der Waals surface area (Å²) in [5.41, 5.74) is 1.45. The number of aliphatic hydroxyl groups is 1. The maximum atomic E-state index is 10.4. The molecule has 2 atom stereocenters. The van der Waals surface area contributed by atoms with Crippen LogP contribution in [0.3, 0.4) is 0 Å². The lowest BCUT2D eigenvalue weighted by Gasteiger charge is -2.20. The van der Waals surface area contributed by atoms with Gasteiger partial charge in [0.05, 0.1) is 6.10 Å². The fourth-order valence-electron chi connectivity index (χ4n) is 3.42. The van der Waals surface area contributed by atoms with E-state index in [1.807, 2.05) is 18.2 Å². The molecule has 0 bridgehead atoms. The minimum Gasteiger partial charge on any atom is -0.387 e. The van der Waals surface area contributed by atoms with E-state index in [4.69, 9.17) is 0 Å². The molecule has 0 spiro atoms. The second kappa shape index (κ2) is 5.78. The van der Waals surface area contributed by atoms with Crippen LogP contribution in [0.4, 0.5) is 0 Å². The van der Waals surface area contributed by atoms with Gasteiger partial charge in [-0.2, -0.15) is 0 Å². The molecule has 21 heavy (non-hydrogen) atoms. The molecule has 112 valence electrons. The minimum atomic E-state index is -0.432. The van der Waals surface area contributed by atoms with Crippen LogP contribution in [-0.4, -0.2) is 17.7 Å². The van der Waals surface area contributed by atoms with Gasteiger partial charge in [-0.3, -0.25) is 0 Å². The van der Waals surface area contributed by atoms with Crippen molar-refractivity contribution >= 4 is 10.8 Å². The average Bonchev–Trinajstić information content (AvgIpc) is 2.83. The molecule has 0 amide bonds. The first kappa shape index (κ1) is 14.6. The number of rotatable bonds is 4. The summed E-state index contributed by atoms with van der Waals surface area (Å²) in [6, 6.07) is 15.1. The van der Waals surface area contributed by atoms with Crippen LogP contribution in [0.15, 0.2) is 42.5 Å². The van der Waals surface area contributed by atoms with Crippen LogP contribution in [0.2, 0.25) is 0 Å². The second-order valence-electron chi connectivity index (χ2n) is 7.13. The Morgan fingerprint density at radius 3 is 2.67 bits per heavy atom. The lowest BCUT2D eigenvalue weighted by molar-refractivity contribution is 0.169. The van der Waals surface area contributed by atoms with Crippen molar-refractivity contribution < 1.29 is 5.11 Å². The van der Waals surface area contributed by atoms with Crippen molar-refractivity contribution in [1.29, 1.82) is 0 Å². The van der Waals surface area contributed by atoms with Gasteiger partial charge >= 0.3 is 0 Å². The van der Waals surface area contributed by atoms with E-state index in [0.29, 0.717) is 18.0 Å². The van der Waals surface area contributed by atoms with E-state index in [0.717, 1.165) is 5.56 Å². The number of aliphatic hydroxyl groups excluding tert-OH is 1. The van der Waals surface area contributed by atoms with E-state index < -0.39 is 6.10 Å². The standard InChI is InChI=1S/C19H25NO/c1-19(2)10-9-17(12-19)20-13-18(21)16-8-7-14-5-3-4-6-15(14)11-16/h3-8,11,17-18,20-21H,9-10,12-13H2,1-2H3. The number of benzene rings is 2. The van der Waals surface area contributed by atoms with Gasteiger partial charge in [0.2, 0.25) is 0 Å². The third kappa shape index (κ3) is 3.45. The number of hydrogen-bond donors (Lipinski definition) is 2. The Morgan fingerprint density at radius 2 is 1.95 bits per heavy atom. The molecule has 0 saturated heterocycles. The molecule has 1 aliphatic carbocycles. The fourth-order valence-corrected chi connectivity index (χ4v) is 3.42. The fraction of sp³-hybridized carbons (Fsp3) is 0.474. The van der Waals surface area contributed by atoms with Crippen LogP contribution >= 0.6 is 0 Å². The van der Waals surface area contributed by atoms with Gasteiger partial charge in [-0.05, 0) is 47.1 Å². The largest absolute Gasteiger partial charge is 0.387 e. The third-order valence-corrected chi connectivity index (χ3v) is 4.73. The molecule has 2 heteroatoms. The number of fused-ring (bicyclic) bond motifs is 1. The Bertz CT molecular complexity index is 620. The maximum absolute atomic E-state index is 10.4. The van der Waals surface area contributed by atoms with Gasteiger partial charge in [0.1, 0.15) is 0 Å². The predicted molar refractivity (Wildman–Crippen MR) is 88.3 cm³/mol. The van der Waals surface area contributed by atoms with E-state index in [1.165, 1.54) is 30.0 Å². The van der Waals surface area contributed by atoms with Crippen LogP contribution in [0, 0.1) is 5.41 Å². The lowest BCUT2D eigenvalue weighted by Crippen LogP contribution is -2.31. The zero-order valence-electron chi connectivity index (χ0n) is 13.0. The molecular formula is C19H25NO. The molecule has 2 unspecified atom stereocenters. The van der Waals surface area contributed by atoms with Crippen molar-refractivity contribution in [3.63, 3.8) is 0 Å². The molecule has 0 heterocycles. The lowest BCUT2D eigenvalue weighted by atomic mass is 9.92. The predicted octanol–water partition coefficient (Wildman–Crippen LogP) is 4.04. The molecule has 2 N–H and O–H groups in total. The first-order chi connectivity index (χ1) is 10.0. The van der Waals surface area contributed by atoms with E-state index in [9.17, 15) is 5.11 Å². The second-order valence-corrected chi connectivity index (χ2v) is 7.13. The minimum absolute atomic E-state index is 0.432. The van der Waals surface area contributed by atoms with E-state index in [-0.39, 0.29) is 0 Å². The Kier molecular flexibility index (Phi) is 4.01. The summed E-state index contributed by atoms with van der Waals surface area (Å²) in [5, 5.41) is 16.4. The van der Waals surface area contributed by atoms with Gasteiger partial charge in [-0.25, -0.2) is 0 Å². The van der Waals surface area contributed by atoms with E-state index in [1.54, 1.807) is 0 Å². The van der Waals surface area contributed by atoms with Gasteiger partial charge in [-0.15, -0.1) is 0 Å². The summed E-state index contributed by atoms with van der Waals surface area (Å²) in [6.45, 7) is 5.29. The Morgan fingerprint density at radius 1 is 1.19 bits per heavy atom. The van der Waals surface area contributed by atoms with Crippen molar-refractivity contribution in [2.24, 2.45) is 5.41 Å². The first-order valence-electron chi connectivity index (χ1n) is 7.94. The highest BCUT2D eigenvalue weighted by Crippen LogP contribution is 2.37. The first-order valence-corrected chi connectivity index (χ1v) is 7.94. The quantitative estimate of drug-likeness (QED) is 0.887. The maximum Gasteiger partial charge on any atom is 0.0914 e. The summed E-state index contributed by atoms with van der Waals surface area (Å²) in [6.07, 6.45) is 3.27. The van der Waals surface area contributed by atoms with Gasteiger partial charge in [0.15, 0.2) is 0 Å². The van der Waals surface area contributed by atoms with Crippen molar-refractivity contribution in [1.82, 2.24) is 5.32 Å².